The van der Waals surface area contributed by atoms with E-state index in [9.17, 15) is 14.4 Å². The third-order valence-corrected chi connectivity index (χ3v) is 7.98. The molecule has 5 atom stereocenters. The molecule has 0 radical (unpaired) electrons. The predicted molar refractivity (Wildman–Crippen MR) is 132 cm³/mol. The van der Waals surface area contributed by atoms with Gasteiger partial charge in [0.15, 0.2) is 0 Å². The van der Waals surface area contributed by atoms with Gasteiger partial charge in [-0.3, -0.25) is 24.1 Å². The Kier molecular flexibility index (Phi) is 8.28. The number of pyridine rings is 1. The lowest BCUT2D eigenvalue weighted by atomic mass is 9.48. The summed E-state index contributed by atoms with van der Waals surface area (Å²) in [5, 5.41) is 0.996. The minimum atomic E-state index is -0.530. The first-order valence-electron chi connectivity index (χ1n) is 11.8. The van der Waals surface area contributed by atoms with Gasteiger partial charge in [0.25, 0.3) is 11.8 Å². The molecule has 0 aromatic carbocycles. The van der Waals surface area contributed by atoms with Gasteiger partial charge in [-0.25, -0.2) is 4.98 Å². The number of hydrogen-bond donors (Lipinski definition) is 0. The number of carbonyl (C=O) groups excluding carboxylic acids is 3. The summed E-state index contributed by atoms with van der Waals surface area (Å²) >= 11 is 0. The summed E-state index contributed by atoms with van der Waals surface area (Å²) < 4.78 is 0. The summed E-state index contributed by atoms with van der Waals surface area (Å²) in [6.45, 7) is 8.95. The van der Waals surface area contributed by atoms with Gasteiger partial charge in [-0.05, 0) is 36.3 Å². The zero-order valence-corrected chi connectivity index (χ0v) is 21.4. The van der Waals surface area contributed by atoms with Crippen LogP contribution in [0.25, 0.3) is 0 Å². The Labute approximate surface area is 213 Å². The minimum Gasteiger partial charge on any atom is -0.354 e. The van der Waals surface area contributed by atoms with Gasteiger partial charge in [0, 0.05) is 51.3 Å². The van der Waals surface area contributed by atoms with Crippen molar-refractivity contribution in [3.8, 4) is 0 Å². The Morgan fingerprint density at radius 3 is 2.44 bits per heavy atom. The zero-order chi connectivity index (χ0) is 22.5. The second-order valence-corrected chi connectivity index (χ2v) is 10.2. The van der Waals surface area contributed by atoms with Crippen LogP contribution in [0.5, 0.6) is 0 Å². The number of rotatable bonds is 6. The van der Waals surface area contributed by atoms with Crippen LogP contribution in [0.1, 0.15) is 33.1 Å². The molecule has 3 aliphatic carbocycles. The summed E-state index contributed by atoms with van der Waals surface area (Å²) in [7, 11) is 0. The Balaban J connectivity index is 0.00000162. The maximum atomic E-state index is 13.1. The second-order valence-electron chi connectivity index (χ2n) is 10.2. The number of halogens is 2. The summed E-state index contributed by atoms with van der Waals surface area (Å²) in [5.41, 5.74) is -0.423. The standard InChI is InChI=1S/C24H32N4O4.2ClH/c1-16-14-24(2)15-17(29)19(16)20-21(24)23(31)28(22(20)30)32-13-5-8-26-9-11-27(12-10-26)18-6-3-4-7-25-18;;/h3-4,6-7,16,19-21H,5,8-15H2,1-2H3;2*1H/t16?,19-,20?,21?,24+;;/m0../s1. The number of imide groups is 1. The molecule has 188 valence electrons. The van der Waals surface area contributed by atoms with E-state index in [-0.39, 0.29) is 54.2 Å². The molecule has 5 fully saturated rings. The molecule has 3 unspecified atom stereocenters. The lowest BCUT2D eigenvalue weighted by Gasteiger charge is -2.52. The molecule has 1 aromatic heterocycles. The number of anilines is 1. The number of hydroxylamine groups is 2. The fourth-order valence-corrected chi connectivity index (χ4v) is 6.63. The molecule has 3 heterocycles. The number of ketones is 1. The van der Waals surface area contributed by atoms with Gasteiger partial charge >= 0.3 is 0 Å². The average molecular weight is 513 g/mol. The van der Waals surface area contributed by atoms with E-state index in [4.69, 9.17) is 4.84 Å². The minimum absolute atomic E-state index is 0. The largest absolute Gasteiger partial charge is 0.354 e. The third kappa shape index (κ3) is 4.57. The van der Waals surface area contributed by atoms with Gasteiger partial charge in [0.2, 0.25) is 0 Å². The molecule has 1 aromatic rings. The van der Waals surface area contributed by atoms with Crippen molar-refractivity contribution in [2.24, 2.45) is 29.1 Å². The Morgan fingerprint density at radius 2 is 1.79 bits per heavy atom. The van der Waals surface area contributed by atoms with Crippen molar-refractivity contribution in [1.82, 2.24) is 14.9 Å². The van der Waals surface area contributed by atoms with E-state index in [1.54, 1.807) is 0 Å². The molecule has 2 amide bonds. The highest BCUT2D eigenvalue weighted by atomic mass is 35.5. The zero-order valence-electron chi connectivity index (χ0n) is 19.7. The highest BCUT2D eigenvalue weighted by molar-refractivity contribution is 6.08. The van der Waals surface area contributed by atoms with Crippen LogP contribution in [0.3, 0.4) is 0 Å². The molecule has 8 nitrogen and oxygen atoms in total. The Morgan fingerprint density at radius 1 is 1.06 bits per heavy atom. The Bertz CT molecular complexity index is 911. The maximum Gasteiger partial charge on any atom is 0.258 e. The molecule has 34 heavy (non-hydrogen) atoms. The smallest absolute Gasteiger partial charge is 0.258 e. The van der Waals surface area contributed by atoms with Crippen molar-refractivity contribution in [2.75, 3.05) is 44.2 Å². The third-order valence-electron chi connectivity index (χ3n) is 7.98. The van der Waals surface area contributed by atoms with Crippen LogP contribution in [0.15, 0.2) is 24.4 Å². The first kappa shape index (κ1) is 26.9. The SMILES string of the molecule is CC1C[C@]2(C)CC(=O)[C@H]1C1C(=O)N(OCCCN3CCN(c4ccccn4)CC3)C(=O)C12.Cl.Cl. The molecule has 10 heteroatoms. The topological polar surface area (TPSA) is 83.1 Å². The first-order valence-corrected chi connectivity index (χ1v) is 11.8. The van der Waals surface area contributed by atoms with Crippen LogP contribution in [-0.4, -0.2) is 71.9 Å². The summed E-state index contributed by atoms with van der Waals surface area (Å²) in [6.07, 6.45) is 3.78. The van der Waals surface area contributed by atoms with E-state index in [1.165, 1.54) is 0 Å². The fraction of sp³-hybridized carbons (Fsp3) is 0.667. The first-order chi connectivity index (χ1) is 15.4. The number of piperazine rings is 1. The number of amides is 2. The summed E-state index contributed by atoms with van der Waals surface area (Å²) in [5.74, 6) is -0.522. The van der Waals surface area contributed by atoms with Gasteiger partial charge in [-0.1, -0.05) is 19.9 Å². The van der Waals surface area contributed by atoms with Crippen LogP contribution < -0.4 is 4.90 Å². The van der Waals surface area contributed by atoms with E-state index < -0.39 is 17.3 Å². The van der Waals surface area contributed by atoms with Crippen molar-refractivity contribution in [3.05, 3.63) is 24.4 Å². The van der Waals surface area contributed by atoms with E-state index in [0.717, 1.165) is 56.4 Å². The monoisotopic (exact) mass is 512 g/mol. The van der Waals surface area contributed by atoms with Crippen LogP contribution in [0.2, 0.25) is 0 Å². The van der Waals surface area contributed by atoms with E-state index in [0.29, 0.717) is 13.0 Å². The Hall–Kier alpha value is -1.74. The molecule has 6 rings (SSSR count). The molecule has 0 N–H and O–H groups in total. The summed E-state index contributed by atoms with van der Waals surface area (Å²) in [6, 6.07) is 5.96. The number of fused-ring (bicyclic) bond motifs is 2. The van der Waals surface area contributed by atoms with Crippen LogP contribution >= 0.6 is 24.8 Å². The number of hydrogen-bond acceptors (Lipinski definition) is 7. The fourth-order valence-electron chi connectivity index (χ4n) is 6.63. The highest BCUT2D eigenvalue weighted by Gasteiger charge is 2.67. The molecule has 2 aliphatic heterocycles. The normalized spacial score (nSPS) is 32.9. The molecule has 2 saturated heterocycles. The van der Waals surface area contributed by atoms with E-state index in [2.05, 4.69) is 14.8 Å². The van der Waals surface area contributed by atoms with Crippen molar-refractivity contribution in [2.45, 2.75) is 33.1 Å². The summed E-state index contributed by atoms with van der Waals surface area (Å²) in [4.78, 5) is 53.5. The average Bonchev–Trinajstić information content (AvgIpc) is 3.03. The molecule has 5 aliphatic rings. The van der Waals surface area contributed by atoms with Crippen molar-refractivity contribution in [1.29, 1.82) is 0 Å². The van der Waals surface area contributed by atoms with Gasteiger partial charge in [0.1, 0.15) is 11.6 Å². The lowest BCUT2D eigenvalue weighted by Crippen LogP contribution is -2.56. The highest BCUT2D eigenvalue weighted by Crippen LogP contribution is 2.60. The van der Waals surface area contributed by atoms with Gasteiger partial charge < -0.3 is 4.90 Å². The van der Waals surface area contributed by atoms with Crippen LogP contribution in [0.4, 0.5) is 5.82 Å². The lowest BCUT2D eigenvalue weighted by molar-refractivity contribution is -0.190. The number of carbonyl (C=O) groups is 3. The van der Waals surface area contributed by atoms with Gasteiger partial charge in [-0.15, -0.1) is 24.8 Å². The van der Waals surface area contributed by atoms with Gasteiger partial charge in [0.05, 0.1) is 18.4 Å². The van der Waals surface area contributed by atoms with Crippen molar-refractivity contribution in [3.63, 3.8) is 0 Å². The van der Waals surface area contributed by atoms with Crippen molar-refractivity contribution < 1.29 is 19.2 Å². The number of nitrogens with zero attached hydrogens (tertiary/aromatic N) is 4. The molecule has 0 spiro atoms. The second kappa shape index (κ2) is 10.5. The number of Topliss-reactive ketones (excluding diaryl/α,β-unsaturated/α-hetero) is 1. The molecular formula is C24H34Cl2N4O4. The van der Waals surface area contributed by atoms with Gasteiger partial charge in [-0.2, -0.15) is 5.06 Å². The predicted octanol–water partition coefficient (Wildman–Crippen LogP) is 2.61. The molecular weight excluding hydrogens is 479 g/mol. The van der Waals surface area contributed by atoms with Crippen molar-refractivity contribution >= 4 is 48.2 Å². The van der Waals surface area contributed by atoms with E-state index >= 15 is 0 Å². The van der Waals surface area contributed by atoms with Crippen LogP contribution in [0, 0.1) is 29.1 Å². The van der Waals surface area contributed by atoms with E-state index in [1.807, 2.05) is 38.2 Å². The molecule has 3 saturated carbocycles. The molecule has 2 bridgehead atoms. The van der Waals surface area contributed by atoms with Crippen LogP contribution in [-0.2, 0) is 19.2 Å². The number of aromatic nitrogens is 1. The quantitative estimate of drug-likeness (QED) is 0.427. The maximum absolute atomic E-state index is 13.1.